The van der Waals surface area contributed by atoms with E-state index in [0.717, 1.165) is 24.0 Å². The van der Waals surface area contributed by atoms with Gasteiger partial charge in [0.1, 0.15) is 0 Å². The summed E-state index contributed by atoms with van der Waals surface area (Å²) in [6.45, 7) is 9.08. The Morgan fingerprint density at radius 3 is 2.59 bits per heavy atom. The van der Waals surface area contributed by atoms with E-state index in [-0.39, 0.29) is 17.9 Å². The second-order valence-electron chi connectivity index (χ2n) is 7.28. The largest absolute Gasteiger partial charge is 0.396 e. The van der Waals surface area contributed by atoms with Crippen LogP contribution >= 0.6 is 0 Å². The molecule has 0 saturated carbocycles. The average molecular weight is 325 g/mol. The van der Waals surface area contributed by atoms with Crippen LogP contribution in [0, 0.1) is 12.8 Å². The summed E-state index contributed by atoms with van der Waals surface area (Å²) in [4.78, 5) is 0.401. The Kier molecular flexibility index (Phi) is 5.00. The number of rotatable bonds is 3. The monoisotopic (exact) mass is 325 g/mol. The van der Waals surface area contributed by atoms with Gasteiger partial charge in [0.05, 0.1) is 4.90 Å². The van der Waals surface area contributed by atoms with Crippen LogP contribution < -0.4 is 0 Å². The summed E-state index contributed by atoms with van der Waals surface area (Å²) < 4.78 is 27.5. The number of nitrogens with zero attached hydrogens (tertiary/aromatic N) is 1. The highest BCUT2D eigenvalue weighted by molar-refractivity contribution is 7.89. The lowest BCUT2D eigenvalue weighted by Gasteiger charge is -2.31. The maximum Gasteiger partial charge on any atom is 0.243 e. The normalized spacial score (nSPS) is 21.0. The van der Waals surface area contributed by atoms with Crippen LogP contribution in [-0.2, 0) is 15.4 Å². The van der Waals surface area contributed by atoms with Gasteiger partial charge in [-0.05, 0) is 48.3 Å². The highest BCUT2D eigenvalue weighted by atomic mass is 32.2. The molecule has 1 heterocycles. The van der Waals surface area contributed by atoms with Crippen LogP contribution in [-0.4, -0.2) is 37.5 Å². The summed E-state index contributed by atoms with van der Waals surface area (Å²) in [6, 6.07) is 5.70. The Labute approximate surface area is 134 Å². The third-order valence-corrected chi connectivity index (χ3v) is 6.42. The van der Waals surface area contributed by atoms with Crippen molar-refractivity contribution in [3.8, 4) is 0 Å². The summed E-state index contributed by atoms with van der Waals surface area (Å²) in [6.07, 6.45) is 1.70. The Morgan fingerprint density at radius 2 is 2.00 bits per heavy atom. The number of hydrogen-bond donors (Lipinski definition) is 1. The van der Waals surface area contributed by atoms with E-state index in [4.69, 9.17) is 0 Å². The molecule has 1 aliphatic heterocycles. The molecule has 0 aromatic heterocycles. The molecule has 0 radical (unpaired) electrons. The van der Waals surface area contributed by atoms with E-state index in [1.807, 2.05) is 25.1 Å². The van der Waals surface area contributed by atoms with Gasteiger partial charge in [-0.25, -0.2) is 8.42 Å². The minimum Gasteiger partial charge on any atom is -0.396 e. The molecule has 1 saturated heterocycles. The van der Waals surface area contributed by atoms with E-state index in [0.29, 0.717) is 18.0 Å². The van der Waals surface area contributed by atoms with E-state index < -0.39 is 10.0 Å². The fourth-order valence-electron chi connectivity index (χ4n) is 2.88. The molecule has 124 valence electrons. The number of sulfonamides is 1. The van der Waals surface area contributed by atoms with E-state index in [1.54, 1.807) is 0 Å². The van der Waals surface area contributed by atoms with Crippen molar-refractivity contribution < 1.29 is 13.5 Å². The quantitative estimate of drug-likeness (QED) is 0.929. The number of hydrogen-bond acceptors (Lipinski definition) is 3. The van der Waals surface area contributed by atoms with E-state index in [9.17, 15) is 13.5 Å². The zero-order valence-electron chi connectivity index (χ0n) is 14.0. The van der Waals surface area contributed by atoms with Gasteiger partial charge in [-0.3, -0.25) is 0 Å². The Morgan fingerprint density at radius 1 is 1.32 bits per heavy atom. The molecular formula is C17H27NO3S. The number of piperidine rings is 1. The summed E-state index contributed by atoms with van der Waals surface area (Å²) in [5, 5.41) is 9.33. The topological polar surface area (TPSA) is 57.6 Å². The van der Waals surface area contributed by atoms with Crippen molar-refractivity contribution in [1.29, 1.82) is 0 Å². The van der Waals surface area contributed by atoms with Crippen molar-refractivity contribution in [3.05, 3.63) is 29.3 Å². The Hall–Kier alpha value is -0.910. The number of aliphatic hydroxyl groups is 1. The van der Waals surface area contributed by atoms with Gasteiger partial charge in [0.25, 0.3) is 0 Å². The van der Waals surface area contributed by atoms with Crippen LogP contribution in [0.3, 0.4) is 0 Å². The third-order valence-electron chi connectivity index (χ3n) is 4.41. The van der Waals surface area contributed by atoms with Crippen LogP contribution in [0.15, 0.2) is 23.1 Å². The van der Waals surface area contributed by atoms with E-state index in [2.05, 4.69) is 20.8 Å². The van der Waals surface area contributed by atoms with Crippen molar-refractivity contribution in [3.63, 3.8) is 0 Å². The SMILES string of the molecule is Cc1ccc(C(C)(C)C)cc1S(=O)(=O)N1CCCC(CO)C1. The molecule has 1 aliphatic rings. The zero-order valence-corrected chi connectivity index (χ0v) is 14.8. The number of aliphatic hydroxyl groups excluding tert-OH is 1. The molecule has 0 spiro atoms. The van der Waals surface area contributed by atoms with Gasteiger partial charge >= 0.3 is 0 Å². The second-order valence-corrected chi connectivity index (χ2v) is 9.19. The van der Waals surface area contributed by atoms with Crippen molar-refractivity contribution in [2.24, 2.45) is 5.92 Å². The molecular weight excluding hydrogens is 298 g/mol. The summed E-state index contributed by atoms with van der Waals surface area (Å²) in [5.74, 6) is 0.0506. The maximum atomic E-state index is 13.0. The molecule has 5 heteroatoms. The van der Waals surface area contributed by atoms with Crippen LogP contribution in [0.5, 0.6) is 0 Å². The lowest BCUT2D eigenvalue weighted by atomic mass is 9.87. The standard InChI is InChI=1S/C17H27NO3S/c1-13-7-8-15(17(2,3)4)10-16(13)22(20,21)18-9-5-6-14(11-18)12-19/h7-8,10,14,19H,5-6,9,11-12H2,1-4H3. The molecule has 1 atom stereocenters. The summed E-state index contributed by atoms with van der Waals surface area (Å²) in [7, 11) is -3.50. The zero-order chi connectivity index (χ0) is 16.5. The van der Waals surface area contributed by atoms with Gasteiger partial charge in [-0.15, -0.1) is 0 Å². The molecule has 1 aromatic rings. The molecule has 0 aliphatic carbocycles. The highest BCUT2D eigenvalue weighted by Gasteiger charge is 2.31. The first kappa shape index (κ1) is 17.4. The number of benzene rings is 1. The number of aryl methyl sites for hydroxylation is 1. The van der Waals surface area contributed by atoms with Gasteiger partial charge in [0, 0.05) is 19.7 Å². The van der Waals surface area contributed by atoms with Crippen molar-refractivity contribution >= 4 is 10.0 Å². The minimum atomic E-state index is -3.50. The smallest absolute Gasteiger partial charge is 0.243 e. The average Bonchev–Trinajstić information content (AvgIpc) is 2.46. The highest BCUT2D eigenvalue weighted by Crippen LogP contribution is 2.30. The van der Waals surface area contributed by atoms with Gasteiger partial charge in [0.15, 0.2) is 0 Å². The second kappa shape index (κ2) is 6.30. The predicted octanol–water partition coefficient (Wildman–Crippen LogP) is 2.69. The van der Waals surface area contributed by atoms with Gasteiger partial charge in [0.2, 0.25) is 10.0 Å². The van der Waals surface area contributed by atoms with Crippen LogP contribution in [0.25, 0.3) is 0 Å². The van der Waals surface area contributed by atoms with Crippen molar-refractivity contribution in [2.75, 3.05) is 19.7 Å². The molecule has 4 nitrogen and oxygen atoms in total. The molecule has 0 amide bonds. The first-order chi connectivity index (χ1) is 10.2. The van der Waals surface area contributed by atoms with Gasteiger partial charge in [-0.1, -0.05) is 32.9 Å². The van der Waals surface area contributed by atoms with Crippen molar-refractivity contribution in [2.45, 2.75) is 50.8 Å². The van der Waals surface area contributed by atoms with Crippen LogP contribution in [0.2, 0.25) is 0 Å². The summed E-state index contributed by atoms with van der Waals surface area (Å²) in [5.41, 5.74) is 1.71. The molecule has 0 bridgehead atoms. The lowest BCUT2D eigenvalue weighted by Crippen LogP contribution is -2.41. The molecule has 1 fully saturated rings. The molecule has 22 heavy (non-hydrogen) atoms. The maximum absolute atomic E-state index is 13.0. The third kappa shape index (κ3) is 3.53. The minimum absolute atomic E-state index is 0.0486. The molecule has 2 rings (SSSR count). The Bertz CT molecular complexity index is 632. The van der Waals surface area contributed by atoms with E-state index in [1.165, 1.54) is 4.31 Å². The van der Waals surface area contributed by atoms with Crippen LogP contribution in [0.4, 0.5) is 0 Å². The van der Waals surface area contributed by atoms with Crippen molar-refractivity contribution in [1.82, 2.24) is 4.31 Å². The fraction of sp³-hybridized carbons (Fsp3) is 0.647. The first-order valence-electron chi connectivity index (χ1n) is 7.88. The Balaban J connectivity index is 2.41. The van der Waals surface area contributed by atoms with Gasteiger partial charge in [-0.2, -0.15) is 4.31 Å². The van der Waals surface area contributed by atoms with Gasteiger partial charge < -0.3 is 5.11 Å². The molecule has 1 unspecified atom stereocenters. The lowest BCUT2D eigenvalue weighted by molar-refractivity contribution is 0.165. The molecule has 1 aromatic carbocycles. The van der Waals surface area contributed by atoms with Crippen LogP contribution in [0.1, 0.15) is 44.7 Å². The predicted molar refractivity (Wildman–Crippen MR) is 88.4 cm³/mol. The molecule has 1 N–H and O–H groups in total. The fourth-order valence-corrected chi connectivity index (χ4v) is 4.68. The first-order valence-corrected chi connectivity index (χ1v) is 9.32. The van der Waals surface area contributed by atoms with E-state index >= 15 is 0 Å². The summed E-state index contributed by atoms with van der Waals surface area (Å²) >= 11 is 0.